The molecule has 1 aromatic rings. The number of nitrogens with one attached hydrogen (secondary N) is 1. The van der Waals surface area contributed by atoms with Crippen LogP contribution < -0.4 is 4.72 Å². The van der Waals surface area contributed by atoms with Crippen molar-refractivity contribution >= 4 is 21.8 Å². The molecular weight excluding hydrogens is 358 g/mol. The van der Waals surface area contributed by atoms with Gasteiger partial charge in [0.1, 0.15) is 0 Å². The molecule has 0 radical (unpaired) electrons. The first-order valence-corrected chi connectivity index (χ1v) is 9.83. The van der Waals surface area contributed by atoms with Crippen LogP contribution in [0.2, 0.25) is 0 Å². The van der Waals surface area contributed by atoms with Crippen LogP contribution in [0.1, 0.15) is 23.2 Å². The smallest absolute Gasteiger partial charge is 0.253 e. The van der Waals surface area contributed by atoms with Gasteiger partial charge in [0.2, 0.25) is 15.9 Å². The second kappa shape index (κ2) is 8.61. The number of likely N-dealkylation sites (N-methyl/N-ethyl adjacent to an activating group) is 2. The Morgan fingerprint density at radius 2 is 2.15 bits per heavy atom. The summed E-state index contributed by atoms with van der Waals surface area (Å²) in [5, 5.41) is 0. The summed E-state index contributed by atoms with van der Waals surface area (Å²) in [5.74, 6) is -0.269. The van der Waals surface area contributed by atoms with E-state index < -0.39 is 10.0 Å². The third-order valence-corrected chi connectivity index (χ3v) is 5.84. The molecule has 2 amide bonds. The lowest BCUT2D eigenvalue weighted by atomic mass is 10.1. The first-order chi connectivity index (χ1) is 12.2. The fourth-order valence-electron chi connectivity index (χ4n) is 2.74. The zero-order valence-corrected chi connectivity index (χ0v) is 16.1. The van der Waals surface area contributed by atoms with E-state index in [-0.39, 0.29) is 22.8 Å². The lowest BCUT2D eigenvalue weighted by molar-refractivity contribution is -0.132. The zero-order chi connectivity index (χ0) is 19.3. The second-order valence-corrected chi connectivity index (χ2v) is 8.09. The third kappa shape index (κ3) is 5.03. The maximum absolute atomic E-state index is 12.6. The minimum absolute atomic E-state index is 0.00661. The number of amides is 2. The van der Waals surface area contributed by atoms with Crippen molar-refractivity contribution in [2.45, 2.75) is 23.8 Å². The zero-order valence-electron chi connectivity index (χ0n) is 15.3. The fourth-order valence-corrected chi connectivity index (χ4v) is 4.05. The Bertz CT molecular complexity index is 765. The number of likely N-dealkylation sites (tertiary alicyclic amines) is 1. The predicted octanol–water partition coefficient (Wildman–Crippen LogP) is 0.304. The molecular formula is C17H25N3O5S. The van der Waals surface area contributed by atoms with Crippen LogP contribution in [0.25, 0.3) is 0 Å². The molecule has 1 N–H and O–H groups in total. The Morgan fingerprint density at radius 1 is 1.42 bits per heavy atom. The summed E-state index contributed by atoms with van der Waals surface area (Å²) in [4.78, 5) is 27.0. The van der Waals surface area contributed by atoms with Gasteiger partial charge in [0, 0.05) is 52.3 Å². The molecule has 0 spiro atoms. The molecule has 1 heterocycles. The largest absolute Gasteiger partial charge is 0.383 e. The highest BCUT2D eigenvalue weighted by molar-refractivity contribution is 7.89. The van der Waals surface area contributed by atoms with Gasteiger partial charge < -0.3 is 14.5 Å². The van der Waals surface area contributed by atoms with Crippen molar-refractivity contribution in [3.05, 3.63) is 29.8 Å². The topological polar surface area (TPSA) is 96.0 Å². The van der Waals surface area contributed by atoms with Gasteiger partial charge in [-0.2, -0.15) is 0 Å². The lowest BCUT2D eigenvalue weighted by Gasteiger charge is -2.30. The van der Waals surface area contributed by atoms with Crippen molar-refractivity contribution < 1.29 is 22.7 Å². The number of hydrogen-bond acceptors (Lipinski definition) is 5. The highest BCUT2D eigenvalue weighted by Crippen LogP contribution is 2.16. The van der Waals surface area contributed by atoms with Gasteiger partial charge in [0.25, 0.3) is 5.91 Å². The predicted molar refractivity (Wildman–Crippen MR) is 96.3 cm³/mol. The molecule has 0 bridgehead atoms. The van der Waals surface area contributed by atoms with E-state index in [0.717, 1.165) is 0 Å². The maximum atomic E-state index is 12.6. The van der Waals surface area contributed by atoms with Crippen molar-refractivity contribution in [3.8, 4) is 0 Å². The van der Waals surface area contributed by atoms with Gasteiger partial charge in [-0.3, -0.25) is 9.59 Å². The third-order valence-electron chi connectivity index (χ3n) is 4.32. The minimum atomic E-state index is -3.78. The van der Waals surface area contributed by atoms with Crippen LogP contribution >= 0.6 is 0 Å². The van der Waals surface area contributed by atoms with E-state index in [0.29, 0.717) is 38.1 Å². The van der Waals surface area contributed by atoms with Crippen molar-refractivity contribution in [3.63, 3.8) is 0 Å². The fraction of sp³-hybridized carbons (Fsp3) is 0.529. The molecule has 9 heteroatoms. The average molecular weight is 383 g/mol. The normalized spacial score (nSPS) is 18.0. The summed E-state index contributed by atoms with van der Waals surface area (Å²) in [7, 11) is 1.05. The van der Waals surface area contributed by atoms with E-state index in [4.69, 9.17) is 4.74 Å². The first kappa shape index (κ1) is 20.3. The van der Waals surface area contributed by atoms with Crippen LogP contribution in [0, 0.1) is 0 Å². The Kier molecular flexibility index (Phi) is 6.74. The van der Waals surface area contributed by atoms with E-state index in [1.807, 2.05) is 0 Å². The lowest BCUT2D eigenvalue weighted by Crippen LogP contribution is -2.48. The molecule has 0 unspecified atom stereocenters. The number of carbonyl (C=O) groups is 2. The van der Waals surface area contributed by atoms with Crippen molar-refractivity contribution in [2.24, 2.45) is 0 Å². The number of benzene rings is 1. The van der Waals surface area contributed by atoms with Crippen LogP contribution in [0.4, 0.5) is 0 Å². The van der Waals surface area contributed by atoms with Gasteiger partial charge in [-0.25, -0.2) is 13.1 Å². The number of piperidine rings is 1. The van der Waals surface area contributed by atoms with Crippen LogP contribution in [0.3, 0.4) is 0 Å². The molecule has 0 saturated carbocycles. The summed E-state index contributed by atoms with van der Waals surface area (Å²) in [5.41, 5.74) is 0.294. The SMILES string of the molecule is COCCN(C)C(=O)c1cccc(S(=O)(=O)N[C@@H]2CCC(=O)N(C)C2)c1. The molecule has 1 aliphatic rings. The Hall–Kier alpha value is -1.97. The van der Waals surface area contributed by atoms with E-state index in [9.17, 15) is 18.0 Å². The van der Waals surface area contributed by atoms with Crippen LogP contribution in [0.15, 0.2) is 29.2 Å². The molecule has 144 valence electrons. The highest BCUT2D eigenvalue weighted by Gasteiger charge is 2.27. The van der Waals surface area contributed by atoms with Crippen molar-refractivity contribution in [1.29, 1.82) is 0 Å². The number of sulfonamides is 1. The first-order valence-electron chi connectivity index (χ1n) is 8.35. The molecule has 0 aromatic heterocycles. The minimum Gasteiger partial charge on any atom is -0.383 e. The van der Waals surface area contributed by atoms with E-state index in [2.05, 4.69) is 4.72 Å². The number of hydrogen-bond donors (Lipinski definition) is 1. The number of carbonyl (C=O) groups excluding carboxylic acids is 2. The van der Waals surface area contributed by atoms with Gasteiger partial charge in [-0.05, 0) is 24.6 Å². The number of rotatable bonds is 7. The molecule has 1 fully saturated rings. The molecule has 1 atom stereocenters. The number of nitrogens with zero attached hydrogens (tertiary/aromatic N) is 2. The van der Waals surface area contributed by atoms with Crippen molar-refractivity contribution in [2.75, 3.05) is 40.9 Å². The van der Waals surface area contributed by atoms with Gasteiger partial charge in [-0.1, -0.05) is 6.07 Å². The summed E-state index contributed by atoms with van der Waals surface area (Å²) in [6, 6.07) is 5.60. The molecule has 1 saturated heterocycles. The van der Waals surface area contributed by atoms with Crippen LogP contribution in [-0.2, 0) is 19.6 Å². The van der Waals surface area contributed by atoms with Gasteiger partial charge in [0.05, 0.1) is 11.5 Å². The Morgan fingerprint density at radius 3 is 2.81 bits per heavy atom. The number of methoxy groups -OCH3 is 1. The molecule has 1 aliphatic heterocycles. The monoisotopic (exact) mass is 383 g/mol. The van der Waals surface area contributed by atoms with Gasteiger partial charge in [0.15, 0.2) is 0 Å². The van der Waals surface area contributed by atoms with E-state index in [1.165, 1.54) is 21.9 Å². The van der Waals surface area contributed by atoms with Gasteiger partial charge >= 0.3 is 0 Å². The van der Waals surface area contributed by atoms with E-state index >= 15 is 0 Å². The maximum Gasteiger partial charge on any atom is 0.253 e. The number of ether oxygens (including phenoxy) is 1. The molecule has 0 aliphatic carbocycles. The second-order valence-electron chi connectivity index (χ2n) is 6.38. The van der Waals surface area contributed by atoms with Crippen molar-refractivity contribution in [1.82, 2.24) is 14.5 Å². The summed E-state index contributed by atoms with van der Waals surface area (Å²) < 4.78 is 32.9. The van der Waals surface area contributed by atoms with Gasteiger partial charge in [-0.15, -0.1) is 0 Å². The van der Waals surface area contributed by atoms with E-state index in [1.54, 1.807) is 33.3 Å². The van der Waals surface area contributed by atoms with Crippen LogP contribution in [0.5, 0.6) is 0 Å². The summed E-state index contributed by atoms with van der Waals surface area (Å²) >= 11 is 0. The highest BCUT2D eigenvalue weighted by atomic mass is 32.2. The molecule has 1 aromatic carbocycles. The molecule has 2 rings (SSSR count). The quantitative estimate of drug-likeness (QED) is 0.731. The Labute approximate surface area is 154 Å². The molecule has 26 heavy (non-hydrogen) atoms. The summed E-state index contributed by atoms with van der Waals surface area (Å²) in [6.07, 6.45) is 0.771. The Balaban J connectivity index is 2.12. The van der Waals surface area contributed by atoms with Crippen LogP contribution in [-0.4, -0.2) is 77.0 Å². The summed E-state index contributed by atoms with van der Waals surface area (Å²) in [6.45, 7) is 1.14. The molecule has 8 nitrogen and oxygen atoms in total. The average Bonchev–Trinajstić information content (AvgIpc) is 2.62. The standard InChI is InChI=1S/C17H25N3O5S/c1-19(9-10-25-3)17(22)13-5-4-6-15(11-13)26(23,24)18-14-7-8-16(21)20(2)12-14/h4-6,11,14,18H,7-10,12H2,1-3H3/t14-/m1/s1.